The monoisotopic (exact) mass is 351 g/mol. The number of carbonyl (C=O) groups excluding carboxylic acids is 1. The number of amides is 2. The molecule has 2 saturated heterocycles. The van der Waals surface area contributed by atoms with Gasteiger partial charge in [-0.25, -0.2) is 4.79 Å². The fourth-order valence-electron chi connectivity index (χ4n) is 3.29. The van der Waals surface area contributed by atoms with Crippen LogP contribution in [-0.4, -0.2) is 67.9 Å². The van der Waals surface area contributed by atoms with E-state index in [1.165, 1.54) is 0 Å². The van der Waals surface area contributed by atoms with Crippen LogP contribution in [0.15, 0.2) is 24.3 Å². The zero-order valence-electron chi connectivity index (χ0n) is 14.0. The normalized spacial score (nSPS) is 24.5. The van der Waals surface area contributed by atoms with Gasteiger partial charge in [0.15, 0.2) is 0 Å². The molecule has 1 aromatic rings. The zero-order chi connectivity index (χ0) is 16.8. The van der Waals surface area contributed by atoms with Gasteiger partial charge in [0.2, 0.25) is 0 Å². The minimum absolute atomic E-state index is 0.0482. The molecule has 2 aliphatic heterocycles. The van der Waals surface area contributed by atoms with Crippen molar-refractivity contribution in [3.8, 4) is 5.75 Å². The van der Waals surface area contributed by atoms with Crippen molar-refractivity contribution in [3.05, 3.63) is 24.3 Å². The summed E-state index contributed by atoms with van der Waals surface area (Å²) >= 11 is 1.96. The molecule has 2 fully saturated rings. The summed E-state index contributed by atoms with van der Waals surface area (Å²) in [6, 6.07) is 7.23. The lowest BCUT2D eigenvalue weighted by Crippen LogP contribution is -2.59. The Bertz CT molecular complexity index is 558. The van der Waals surface area contributed by atoms with Crippen molar-refractivity contribution in [2.24, 2.45) is 0 Å². The topological polar surface area (TPSA) is 62.8 Å². The van der Waals surface area contributed by atoms with E-state index in [4.69, 9.17) is 9.47 Å². The number of methoxy groups -OCH3 is 1. The predicted octanol–water partition coefficient (Wildman–Crippen LogP) is 2.02. The number of anilines is 1. The highest BCUT2D eigenvalue weighted by molar-refractivity contribution is 7.99. The van der Waals surface area contributed by atoms with Crippen molar-refractivity contribution < 1.29 is 14.3 Å². The second-order valence-electron chi connectivity index (χ2n) is 6.13. The Balaban J connectivity index is 1.59. The SMILES string of the molecule is COc1ccccc1NC(=O)NC[C@@]1(N2CCOCC2)CCSC1. The van der Waals surface area contributed by atoms with E-state index in [0.29, 0.717) is 18.0 Å². The molecule has 24 heavy (non-hydrogen) atoms. The molecule has 2 heterocycles. The van der Waals surface area contributed by atoms with Crippen molar-refractivity contribution in [2.75, 3.05) is 56.8 Å². The number of thioether (sulfide) groups is 1. The third kappa shape index (κ3) is 3.96. The second kappa shape index (κ2) is 8.09. The third-order valence-electron chi connectivity index (χ3n) is 4.70. The molecular formula is C17H25N3O3S. The highest BCUT2D eigenvalue weighted by Gasteiger charge is 2.40. The molecule has 0 aromatic heterocycles. The van der Waals surface area contributed by atoms with Crippen LogP contribution in [0.3, 0.4) is 0 Å². The number of nitrogens with one attached hydrogen (secondary N) is 2. The summed E-state index contributed by atoms with van der Waals surface area (Å²) in [7, 11) is 1.60. The summed E-state index contributed by atoms with van der Waals surface area (Å²) in [4.78, 5) is 14.8. The molecule has 7 heteroatoms. The highest BCUT2D eigenvalue weighted by Crippen LogP contribution is 2.33. The van der Waals surface area contributed by atoms with Crippen LogP contribution < -0.4 is 15.4 Å². The van der Waals surface area contributed by atoms with Gasteiger partial charge in [0.05, 0.1) is 26.0 Å². The van der Waals surface area contributed by atoms with Gasteiger partial charge in [0, 0.05) is 30.9 Å². The lowest BCUT2D eigenvalue weighted by molar-refractivity contribution is -0.0123. The van der Waals surface area contributed by atoms with Crippen molar-refractivity contribution in [1.82, 2.24) is 10.2 Å². The van der Waals surface area contributed by atoms with Gasteiger partial charge >= 0.3 is 6.03 Å². The Morgan fingerprint density at radius 1 is 1.38 bits per heavy atom. The fraction of sp³-hybridized carbons (Fsp3) is 0.588. The summed E-state index contributed by atoms with van der Waals surface area (Å²) in [6.07, 6.45) is 1.10. The van der Waals surface area contributed by atoms with Gasteiger partial charge in [-0.2, -0.15) is 11.8 Å². The van der Waals surface area contributed by atoms with E-state index in [1.807, 2.05) is 36.0 Å². The van der Waals surface area contributed by atoms with Crippen LogP contribution in [0.25, 0.3) is 0 Å². The summed E-state index contributed by atoms with van der Waals surface area (Å²) < 4.78 is 10.7. The van der Waals surface area contributed by atoms with Crippen LogP contribution in [0.2, 0.25) is 0 Å². The highest BCUT2D eigenvalue weighted by atomic mass is 32.2. The van der Waals surface area contributed by atoms with Gasteiger partial charge in [0.25, 0.3) is 0 Å². The van der Waals surface area contributed by atoms with Gasteiger partial charge in [-0.1, -0.05) is 12.1 Å². The molecule has 0 aliphatic carbocycles. The molecule has 0 radical (unpaired) electrons. The smallest absolute Gasteiger partial charge is 0.319 e. The van der Waals surface area contributed by atoms with Crippen molar-refractivity contribution in [3.63, 3.8) is 0 Å². The summed E-state index contributed by atoms with van der Waals surface area (Å²) in [5, 5.41) is 5.94. The van der Waals surface area contributed by atoms with Crippen molar-refractivity contribution in [1.29, 1.82) is 0 Å². The number of nitrogens with zero attached hydrogens (tertiary/aromatic N) is 1. The summed E-state index contributed by atoms with van der Waals surface area (Å²) in [6.45, 7) is 4.09. The van der Waals surface area contributed by atoms with Crippen LogP contribution >= 0.6 is 11.8 Å². The molecule has 0 spiro atoms. The van der Waals surface area contributed by atoms with E-state index in [9.17, 15) is 4.79 Å². The van der Waals surface area contributed by atoms with Crippen LogP contribution in [-0.2, 0) is 4.74 Å². The first-order chi connectivity index (χ1) is 11.7. The fourth-order valence-corrected chi connectivity index (χ4v) is 4.77. The number of hydrogen-bond donors (Lipinski definition) is 2. The first-order valence-electron chi connectivity index (χ1n) is 8.32. The van der Waals surface area contributed by atoms with Gasteiger partial charge in [-0.05, 0) is 24.3 Å². The van der Waals surface area contributed by atoms with Gasteiger partial charge in [-0.15, -0.1) is 0 Å². The van der Waals surface area contributed by atoms with Gasteiger partial charge < -0.3 is 20.1 Å². The maximum absolute atomic E-state index is 12.3. The Morgan fingerprint density at radius 2 is 2.17 bits per heavy atom. The molecule has 0 saturated carbocycles. The van der Waals surface area contributed by atoms with Crippen LogP contribution in [0, 0.1) is 0 Å². The largest absolute Gasteiger partial charge is 0.495 e. The average Bonchev–Trinajstić information content (AvgIpc) is 3.11. The number of benzene rings is 1. The number of rotatable bonds is 5. The van der Waals surface area contributed by atoms with Gasteiger partial charge in [-0.3, -0.25) is 4.90 Å². The average molecular weight is 351 g/mol. The minimum Gasteiger partial charge on any atom is -0.495 e. The van der Waals surface area contributed by atoms with Crippen molar-refractivity contribution in [2.45, 2.75) is 12.0 Å². The standard InChI is InChI=1S/C17H25N3O3S/c1-22-15-5-3-2-4-14(15)19-16(21)18-12-17(6-11-24-13-17)20-7-9-23-10-8-20/h2-5H,6-13H2,1H3,(H2,18,19,21)/t17-/m0/s1. The van der Waals surface area contributed by atoms with Crippen molar-refractivity contribution >= 4 is 23.5 Å². The van der Waals surface area contributed by atoms with E-state index in [-0.39, 0.29) is 11.6 Å². The first kappa shape index (κ1) is 17.4. The molecule has 2 aliphatic rings. The number of ether oxygens (including phenoxy) is 2. The predicted molar refractivity (Wildman–Crippen MR) is 97.1 cm³/mol. The Kier molecular flexibility index (Phi) is 5.86. The second-order valence-corrected chi connectivity index (χ2v) is 7.24. The molecule has 2 N–H and O–H groups in total. The zero-order valence-corrected chi connectivity index (χ0v) is 14.9. The Labute approximate surface area is 147 Å². The maximum Gasteiger partial charge on any atom is 0.319 e. The quantitative estimate of drug-likeness (QED) is 0.850. The van der Waals surface area contributed by atoms with Crippen LogP contribution in [0.1, 0.15) is 6.42 Å². The van der Waals surface area contributed by atoms with Crippen LogP contribution in [0.5, 0.6) is 5.75 Å². The molecule has 0 unspecified atom stereocenters. The molecule has 3 rings (SSSR count). The molecule has 6 nitrogen and oxygen atoms in total. The van der Waals surface area contributed by atoms with E-state index < -0.39 is 0 Å². The summed E-state index contributed by atoms with van der Waals surface area (Å²) in [5.74, 6) is 2.86. The van der Waals surface area contributed by atoms with Crippen LogP contribution in [0.4, 0.5) is 10.5 Å². The molecule has 132 valence electrons. The van der Waals surface area contributed by atoms with E-state index in [1.54, 1.807) is 7.11 Å². The Hall–Kier alpha value is -1.44. The minimum atomic E-state index is -0.191. The number of urea groups is 1. The molecule has 2 amide bonds. The molecule has 1 atom stereocenters. The van der Waals surface area contributed by atoms with Gasteiger partial charge in [0.1, 0.15) is 5.75 Å². The van der Waals surface area contributed by atoms with E-state index in [0.717, 1.165) is 44.2 Å². The molecular weight excluding hydrogens is 326 g/mol. The van der Waals surface area contributed by atoms with E-state index >= 15 is 0 Å². The third-order valence-corrected chi connectivity index (χ3v) is 5.93. The lowest BCUT2D eigenvalue weighted by atomic mass is 9.95. The molecule has 0 bridgehead atoms. The number of carbonyl (C=O) groups is 1. The first-order valence-corrected chi connectivity index (χ1v) is 9.47. The van der Waals surface area contributed by atoms with E-state index in [2.05, 4.69) is 15.5 Å². The summed E-state index contributed by atoms with van der Waals surface area (Å²) in [5.41, 5.74) is 0.728. The molecule has 1 aromatic carbocycles. The lowest BCUT2D eigenvalue weighted by Gasteiger charge is -2.43. The number of morpholine rings is 1. The number of para-hydroxylation sites is 2. The number of hydrogen-bond acceptors (Lipinski definition) is 5. The maximum atomic E-state index is 12.3. The Morgan fingerprint density at radius 3 is 2.88 bits per heavy atom.